The molecule has 276 valence electrons. The van der Waals surface area contributed by atoms with Crippen LogP contribution < -0.4 is 15.9 Å². The second kappa shape index (κ2) is 13.1. The lowest BCUT2D eigenvalue weighted by atomic mass is 9.96. The van der Waals surface area contributed by atoms with Gasteiger partial charge in [-0.15, -0.1) is 0 Å². The van der Waals surface area contributed by atoms with E-state index in [0.717, 1.165) is 82.3 Å². The molecule has 5 heteroatoms. The Kier molecular flexibility index (Phi) is 7.47. The van der Waals surface area contributed by atoms with Crippen molar-refractivity contribution in [3.05, 3.63) is 206 Å². The minimum atomic E-state index is -3.19. The van der Waals surface area contributed by atoms with Crippen LogP contribution in [0.2, 0.25) is 0 Å². The minimum absolute atomic E-state index is 0.671. The van der Waals surface area contributed by atoms with Gasteiger partial charge in [0.15, 0.2) is 13.0 Å². The average molecular weight is 772 g/mol. The van der Waals surface area contributed by atoms with Crippen LogP contribution in [0.1, 0.15) is 0 Å². The molecule has 0 radical (unpaired) electrons. The van der Waals surface area contributed by atoms with E-state index >= 15 is 4.57 Å². The van der Waals surface area contributed by atoms with Gasteiger partial charge in [-0.3, -0.25) is 0 Å². The molecular weight excluding hydrogens is 738 g/mol. The normalized spacial score (nSPS) is 14.6. The summed E-state index contributed by atoms with van der Waals surface area (Å²) in [6.07, 6.45) is 0. The molecule has 0 saturated heterocycles. The van der Waals surface area contributed by atoms with Crippen molar-refractivity contribution >= 4 is 66.5 Å². The second-order valence-electron chi connectivity index (χ2n) is 15.2. The summed E-state index contributed by atoms with van der Waals surface area (Å²) >= 11 is 0. The maximum Gasteiger partial charge on any atom is 0.172 e. The zero-order valence-corrected chi connectivity index (χ0v) is 32.7. The zero-order valence-electron chi connectivity index (χ0n) is 31.8. The fourth-order valence-electron chi connectivity index (χ4n) is 9.34. The molecule has 9 aromatic carbocycles. The topological polar surface area (TPSA) is 47.8 Å². The molecule has 1 atom stereocenters. The molecule has 2 aromatic heterocycles. The van der Waals surface area contributed by atoms with Crippen LogP contribution in [0.5, 0.6) is 0 Å². The molecule has 0 aliphatic carbocycles. The van der Waals surface area contributed by atoms with E-state index in [1.165, 1.54) is 21.9 Å². The van der Waals surface area contributed by atoms with E-state index in [2.05, 4.69) is 156 Å². The lowest BCUT2D eigenvalue weighted by Gasteiger charge is -2.17. The Balaban J connectivity index is 0.979. The van der Waals surface area contributed by atoms with Crippen molar-refractivity contribution in [3.63, 3.8) is 0 Å². The van der Waals surface area contributed by atoms with Crippen LogP contribution in [0.25, 0.3) is 94.1 Å². The summed E-state index contributed by atoms with van der Waals surface area (Å²) in [5, 5.41) is 8.30. The summed E-state index contributed by atoms with van der Waals surface area (Å²) in [7, 11) is -3.19. The van der Waals surface area contributed by atoms with E-state index in [4.69, 9.17) is 9.97 Å². The molecule has 3 heterocycles. The monoisotopic (exact) mass is 771 g/mol. The first-order valence-electron chi connectivity index (χ1n) is 19.9. The number of aromatic nitrogens is 3. The highest BCUT2D eigenvalue weighted by atomic mass is 31.2. The smallest absolute Gasteiger partial charge is 0.172 e. The first kappa shape index (κ1) is 33.7. The van der Waals surface area contributed by atoms with E-state index in [-0.39, 0.29) is 0 Å². The van der Waals surface area contributed by atoms with E-state index in [9.17, 15) is 0 Å². The highest BCUT2D eigenvalue weighted by Gasteiger charge is 2.42. The molecule has 0 N–H and O–H groups in total. The predicted octanol–water partition coefficient (Wildman–Crippen LogP) is 12.5. The van der Waals surface area contributed by atoms with E-state index in [0.29, 0.717) is 5.82 Å². The largest absolute Gasteiger partial charge is 0.309 e. The molecule has 1 unspecified atom stereocenters. The van der Waals surface area contributed by atoms with E-state index < -0.39 is 7.14 Å². The van der Waals surface area contributed by atoms with E-state index in [1.807, 2.05) is 54.6 Å². The average Bonchev–Trinajstić information content (AvgIpc) is 3.78. The SMILES string of the molecule is O=P1(c2ccccc2)c2ccccc2-c2ccc3c(c21)c1ccccc1n3-c1ccc(-c2nc(-c3ccc(-c4cccc5ccccc45)cc3)c3ccccc3n2)cc1. The number of nitrogens with zero attached hydrogens (tertiary/aromatic N) is 3. The molecule has 0 spiro atoms. The van der Waals surface area contributed by atoms with Crippen molar-refractivity contribution in [1.29, 1.82) is 0 Å². The Labute approximate surface area is 341 Å². The molecular formula is C54H34N3OP. The van der Waals surface area contributed by atoms with Crippen molar-refractivity contribution in [2.24, 2.45) is 0 Å². The Hall–Kier alpha value is -7.39. The molecule has 1 aliphatic rings. The van der Waals surface area contributed by atoms with Crippen molar-refractivity contribution in [1.82, 2.24) is 14.5 Å². The maximum absolute atomic E-state index is 15.8. The second-order valence-corrected chi connectivity index (χ2v) is 17.9. The Morgan fingerprint density at radius 2 is 1.07 bits per heavy atom. The molecule has 12 rings (SSSR count). The van der Waals surface area contributed by atoms with Crippen molar-refractivity contribution < 1.29 is 4.57 Å². The van der Waals surface area contributed by atoms with Crippen LogP contribution in [-0.4, -0.2) is 14.5 Å². The number of fused-ring (bicyclic) bond motifs is 9. The summed E-state index contributed by atoms with van der Waals surface area (Å²) in [4.78, 5) is 10.3. The standard InChI is InChI=1S/C54H34N3OP/c58-59(40-15-2-1-3-16-40)50-24-11-8-18-43(50)44-33-34-49-51(53(44)59)46-20-7-10-23-48(46)57(49)39-31-29-38(30-32-39)54-55-47-22-9-6-19-45(47)52(56-54)37-27-25-36(26-28-37)42-21-12-14-35-13-4-5-17-41(35)42/h1-34H. The molecule has 0 fully saturated rings. The van der Waals surface area contributed by atoms with Gasteiger partial charge in [0.1, 0.15) is 0 Å². The third-order valence-corrected chi connectivity index (χ3v) is 15.2. The van der Waals surface area contributed by atoms with Crippen molar-refractivity contribution in [3.8, 4) is 50.6 Å². The number of para-hydroxylation sites is 2. The molecule has 4 nitrogen and oxygen atoms in total. The van der Waals surface area contributed by atoms with Gasteiger partial charge in [-0.2, -0.15) is 0 Å². The van der Waals surface area contributed by atoms with Gasteiger partial charge in [-0.05, 0) is 75.5 Å². The first-order chi connectivity index (χ1) is 29.1. The van der Waals surface area contributed by atoms with Crippen LogP contribution in [0, 0.1) is 0 Å². The van der Waals surface area contributed by atoms with Crippen molar-refractivity contribution in [2.45, 2.75) is 0 Å². The molecule has 1 aliphatic heterocycles. The van der Waals surface area contributed by atoms with Gasteiger partial charge in [0.25, 0.3) is 0 Å². The first-order valence-corrected chi connectivity index (χ1v) is 21.6. The van der Waals surface area contributed by atoms with Crippen LogP contribution >= 0.6 is 7.14 Å². The Morgan fingerprint density at radius 3 is 1.92 bits per heavy atom. The maximum atomic E-state index is 15.8. The minimum Gasteiger partial charge on any atom is -0.309 e. The third-order valence-electron chi connectivity index (χ3n) is 12.0. The molecule has 0 bridgehead atoms. The highest BCUT2D eigenvalue weighted by molar-refractivity contribution is 7.86. The van der Waals surface area contributed by atoms with Crippen LogP contribution in [0.4, 0.5) is 0 Å². The zero-order chi connectivity index (χ0) is 39.1. The Bertz CT molecular complexity index is 3510. The number of hydrogen-bond donors (Lipinski definition) is 0. The number of hydrogen-bond acceptors (Lipinski definition) is 3. The van der Waals surface area contributed by atoms with Crippen LogP contribution in [0.3, 0.4) is 0 Å². The van der Waals surface area contributed by atoms with Gasteiger partial charge in [-0.1, -0.05) is 164 Å². The summed E-state index contributed by atoms with van der Waals surface area (Å²) < 4.78 is 18.1. The predicted molar refractivity (Wildman–Crippen MR) is 246 cm³/mol. The third kappa shape index (κ3) is 5.07. The van der Waals surface area contributed by atoms with Gasteiger partial charge in [0.05, 0.1) is 22.2 Å². The Morgan fingerprint density at radius 1 is 0.424 bits per heavy atom. The molecule has 0 amide bonds. The summed E-state index contributed by atoms with van der Waals surface area (Å²) in [5.74, 6) is 0.671. The fraction of sp³-hybridized carbons (Fsp3) is 0. The number of rotatable bonds is 5. The summed E-state index contributed by atoms with van der Waals surface area (Å²) in [6.45, 7) is 0. The van der Waals surface area contributed by atoms with Crippen LogP contribution in [0.15, 0.2) is 206 Å². The molecule has 59 heavy (non-hydrogen) atoms. The summed E-state index contributed by atoms with van der Waals surface area (Å²) in [5.41, 5.74) is 11.3. The van der Waals surface area contributed by atoms with Gasteiger partial charge >= 0.3 is 0 Å². The van der Waals surface area contributed by atoms with E-state index in [1.54, 1.807) is 0 Å². The van der Waals surface area contributed by atoms with Gasteiger partial charge in [0, 0.05) is 48.9 Å². The van der Waals surface area contributed by atoms with Gasteiger partial charge < -0.3 is 9.13 Å². The number of benzene rings is 9. The summed E-state index contributed by atoms with van der Waals surface area (Å²) in [6, 6.07) is 71.6. The van der Waals surface area contributed by atoms with Gasteiger partial charge in [0.2, 0.25) is 0 Å². The molecule has 0 saturated carbocycles. The lowest BCUT2D eigenvalue weighted by Crippen LogP contribution is -2.21. The van der Waals surface area contributed by atoms with Gasteiger partial charge in [-0.25, -0.2) is 9.97 Å². The quantitative estimate of drug-likeness (QED) is 0.164. The lowest BCUT2D eigenvalue weighted by molar-refractivity contribution is 0.593. The molecule has 11 aromatic rings. The van der Waals surface area contributed by atoms with Crippen molar-refractivity contribution in [2.75, 3.05) is 0 Å². The van der Waals surface area contributed by atoms with Crippen LogP contribution in [-0.2, 0) is 4.57 Å². The highest BCUT2D eigenvalue weighted by Crippen LogP contribution is 2.55. The fourth-order valence-corrected chi connectivity index (χ4v) is 12.6.